The third-order valence-corrected chi connectivity index (χ3v) is 3.89. The molecule has 1 fully saturated rings. The van der Waals surface area contributed by atoms with Crippen LogP contribution in [0.1, 0.15) is 31.7 Å². The van der Waals surface area contributed by atoms with Gasteiger partial charge in [-0.1, -0.05) is 37.3 Å². The lowest BCUT2D eigenvalue weighted by Crippen LogP contribution is -2.37. The van der Waals surface area contributed by atoms with E-state index >= 15 is 0 Å². The van der Waals surface area contributed by atoms with Crippen molar-refractivity contribution in [1.82, 2.24) is 10.2 Å². The number of nitrogens with one attached hydrogen (secondary N) is 1. The van der Waals surface area contributed by atoms with Crippen molar-refractivity contribution in [3.8, 4) is 0 Å². The van der Waals surface area contributed by atoms with Gasteiger partial charge in [-0.3, -0.25) is 0 Å². The maximum atomic E-state index is 3.69. The van der Waals surface area contributed by atoms with Crippen LogP contribution in [0.2, 0.25) is 0 Å². The van der Waals surface area contributed by atoms with Crippen LogP contribution in [0.5, 0.6) is 0 Å². The summed E-state index contributed by atoms with van der Waals surface area (Å²) in [4.78, 5) is 2.49. The highest BCUT2D eigenvalue weighted by Crippen LogP contribution is 2.24. The van der Waals surface area contributed by atoms with E-state index in [0.717, 1.165) is 19.0 Å². The molecule has 0 spiro atoms. The molecule has 0 aromatic heterocycles. The molecule has 1 aromatic carbocycles. The highest BCUT2D eigenvalue weighted by molar-refractivity contribution is 5.15. The normalized spacial score (nSPS) is 17.1. The van der Waals surface area contributed by atoms with Gasteiger partial charge in [0, 0.05) is 25.2 Å². The molecule has 1 unspecified atom stereocenters. The molecule has 0 saturated heterocycles. The predicted octanol–water partition coefficient (Wildman–Crippen LogP) is 2.69. The number of nitrogens with zero attached hydrogens (tertiary/aromatic N) is 1. The third-order valence-electron chi connectivity index (χ3n) is 3.89. The molecule has 0 aliphatic heterocycles. The maximum Gasteiger partial charge on any atom is 0.0107 e. The molecule has 0 heterocycles. The molecule has 18 heavy (non-hydrogen) atoms. The molecule has 0 amide bonds. The van der Waals surface area contributed by atoms with Gasteiger partial charge in [0.1, 0.15) is 0 Å². The summed E-state index contributed by atoms with van der Waals surface area (Å²) >= 11 is 0. The largest absolute Gasteiger partial charge is 0.312 e. The van der Waals surface area contributed by atoms with Gasteiger partial charge in [-0.25, -0.2) is 0 Å². The third kappa shape index (κ3) is 4.43. The van der Waals surface area contributed by atoms with Gasteiger partial charge in [0.25, 0.3) is 0 Å². The highest BCUT2D eigenvalue weighted by atomic mass is 15.2. The Bertz CT molecular complexity index is 332. The van der Waals surface area contributed by atoms with E-state index in [1.54, 1.807) is 0 Å². The van der Waals surface area contributed by atoms with Crippen molar-refractivity contribution in [2.24, 2.45) is 0 Å². The molecular formula is C16H26N2. The Morgan fingerprint density at radius 2 is 2.00 bits per heavy atom. The Morgan fingerprint density at radius 1 is 1.28 bits per heavy atom. The van der Waals surface area contributed by atoms with E-state index in [1.165, 1.54) is 31.4 Å². The first-order valence-electron chi connectivity index (χ1n) is 7.27. The minimum atomic E-state index is 0.611. The number of likely N-dealkylation sites (N-methyl/N-ethyl adjacent to an activating group) is 1. The van der Waals surface area contributed by atoms with Crippen molar-refractivity contribution in [1.29, 1.82) is 0 Å². The molecule has 0 radical (unpaired) electrons. The van der Waals surface area contributed by atoms with Crippen LogP contribution in [0.4, 0.5) is 0 Å². The van der Waals surface area contributed by atoms with Gasteiger partial charge >= 0.3 is 0 Å². The molecule has 2 rings (SSSR count). The number of hydrogen-bond donors (Lipinski definition) is 1. The quantitative estimate of drug-likeness (QED) is 0.758. The topological polar surface area (TPSA) is 15.3 Å². The zero-order valence-corrected chi connectivity index (χ0v) is 11.7. The summed E-state index contributed by atoms with van der Waals surface area (Å²) in [6.45, 7) is 4.56. The molecule has 1 saturated carbocycles. The molecule has 2 nitrogen and oxygen atoms in total. The molecule has 1 atom stereocenters. The van der Waals surface area contributed by atoms with E-state index in [1.807, 2.05) is 0 Å². The van der Waals surface area contributed by atoms with E-state index < -0.39 is 0 Å². The highest BCUT2D eigenvalue weighted by Gasteiger charge is 2.25. The van der Waals surface area contributed by atoms with Crippen LogP contribution >= 0.6 is 0 Å². The molecule has 1 aliphatic rings. The second kappa shape index (κ2) is 6.91. The molecule has 1 aliphatic carbocycles. The SMILES string of the molecule is CCC(Cc1ccccc1)NCCN(C)C1CC1. The van der Waals surface area contributed by atoms with Crippen LogP contribution in [-0.4, -0.2) is 37.1 Å². The Hall–Kier alpha value is -0.860. The van der Waals surface area contributed by atoms with Crippen molar-refractivity contribution < 1.29 is 0 Å². The van der Waals surface area contributed by atoms with Crippen LogP contribution in [0.25, 0.3) is 0 Å². The Kier molecular flexibility index (Phi) is 5.21. The zero-order chi connectivity index (χ0) is 12.8. The summed E-state index contributed by atoms with van der Waals surface area (Å²) in [5, 5.41) is 3.69. The standard InChI is InChI=1S/C16H26N2/c1-3-15(13-14-7-5-4-6-8-14)17-11-12-18(2)16-9-10-16/h4-8,15-17H,3,9-13H2,1-2H3. The molecule has 100 valence electrons. The van der Waals surface area contributed by atoms with E-state index in [4.69, 9.17) is 0 Å². The lowest BCUT2D eigenvalue weighted by Gasteiger charge is -2.20. The number of benzene rings is 1. The average molecular weight is 246 g/mol. The fourth-order valence-electron chi connectivity index (χ4n) is 2.40. The van der Waals surface area contributed by atoms with Crippen LogP contribution in [-0.2, 0) is 6.42 Å². The monoisotopic (exact) mass is 246 g/mol. The van der Waals surface area contributed by atoms with Gasteiger partial charge in [-0.05, 0) is 38.3 Å². The fourth-order valence-corrected chi connectivity index (χ4v) is 2.40. The summed E-state index contributed by atoms with van der Waals surface area (Å²) in [7, 11) is 2.25. The van der Waals surface area contributed by atoms with Crippen molar-refractivity contribution >= 4 is 0 Å². The first kappa shape index (κ1) is 13.6. The van der Waals surface area contributed by atoms with Gasteiger partial charge in [-0.2, -0.15) is 0 Å². The average Bonchev–Trinajstić information content (AvgIpc) is 3.23. The first-order valence-corrected chi connectivity index (χ1v) is 7.27. The lowest BCUT2D eigenvalue weighted by molar-refractivity contribution is 0.312. The van der Waals surface area contributed by atoms with Crippen molar-refractivity contribution in [3.05, 3.63) is 35.9 Å². The van der Waals surface area contributed by atoms with Gasteiger partial charge in [0.15, 0.2) is 0 Å². The summed E-state index contributed by atoms with van der Waals surface area (Å²) in [6.07, 6.45) is 5.14. The number of rotatable bonds is 8. The van der Waals surface area contributed by atoms with Gasteiger partial charge in [0.05, 0.1) is 0 Å². The van der Waals surface area contributed by atoms with E-state index in [0.29, 0.717) is 6.04 Å². The summed E-state index contributed by atoms with van der Waals surface area (Å²) in [5.41, 5.74) is 1.44. The molecule has 2 heteroatoms. The minimum Gasteiger partial charge on any atom is -0.312 e. The van der Waals surface area contributed by atoms with E-state index in [2.05, 4.69) is 54.5 Å². The first-order chi connectivity index (χ1) is 8.79. The van der Waals surface area contributed by atoms with Crippen molar-refractivity contribution in [3.63, 3.8) is 0 Å². The van der Waals surface area contributed by atoms with Gasteiger partial charge < -0.3 is 10.2 Å². The maximum absolute atomic E-state index is 3.69. The van der Waals surface area contributed by atoms with Crippen LogP contribution in [0.15, 0.2) is 30.3 Å². The minimum absolute atomic E-state index is 0.611. The summed E-state index contributed by atoms with van der Waals surface area (Å²) in [6, 6.07) is 12.3. The summed E-state index contributed by atoms with van der Waals surface area (Å²) < 4.78 is 0. The molecule has 1 N–H and O–H groups in total. The second-order valence-electron chi connectivity index (χ2n) is 5.46. The zero-order valence-electron chi connectivity index (χ0n) is 11.7. The molecule has 1 aromatic rings. The molecule has 0 bridgehead atoms. The Labute approximate surface area is 111 Å². The van der Waals surface area contributed by atoms with Crippen LogP contribution in [0.3, 0.4) is 0 Å². The van der Waals surface area contributed by atoms with Crippen LogP contribution < -0.4 is 5.32 Å². The van der Waals surface area contributed by atoms with E-state index in [-0.39, 0.29) is 0 Å². The predicted molar refractivity (Wildman–Crippen MR) is 77.9 cm³/mol. The van der Waals surface area contributed by atoms with Crippen LogP contribution in [0, 0.1) is 0 Å². The van der Waals surface area contributed by atoms with Gasteiger partial charge in [0.2, 0.25) is 0 Å². The van der Waals surface area contributed by atoms with Crippen molar-refractivity contribution in [2.45, 2.75) is 44.7 Å². The lowest BCUT2D eigenvalue weighted by atomic mass is 10.0. The van der Waals surface area contributed by atoms with Crippen molar-refractivity contribution in [2.75, 3.05) is 20.1 Å². The Morgan fingerprint density at radius 3 is 2.61 bits per heavy atom. The van der Waals surface area contributed by atoms with E-state index in [9.17, 15) is 0 Å². The second-order valence-corrected chi connectivity index (χ2v) is 5.46. The smallest absolute Gasteiger partial charge is 0.0107 e. The fraction of sp³-hybridized carbons (Fsp3) is 0.625. The summed E-state index contributed by atoms with van der Waals surface area (Å²) in [5.74, 6) is 0. The molecular weight excluding hydrogens is 220 g/mol. The Balaban J connectivity index is 1.68. The number of hydrogen-bond acceptors (Lipinski definition) is 2. The van der Waals surface area contributed by atoms with Gasteiger partial charge in [-0.15, -0.1) is 0 Å².